The summed E-state index contributed by atoms with van der Waals surface area (Å²) in [6, 6.07) is 12.7. The van der Waals surface area contributed by atoms with Gasteiger partial charge in [-0.15, -0.1) is 0 Å². The van der Waals surface area contributed by atoms with Crippen molar-refractivity contribution in [1.29, 1.82) is 0 Å². The molecule has 0 amide bonds. The van der Waals surface area contributed by atoms with E-state index in [9.17, 15) is 0 Å². The molecule has 0 saturated heterocycles. The van der Waals surface area contributed by atoms with Gasteiger partial charge in [0.05, 0.1) is 5.56 Å². The molecule has 0 spiro atoms. The zero-order valence-corrected chi connectivity index (χ0v) is 20.9. The number of benzene rings is 3. The van der Waals surface area contributed by atoms with Crippen LogP contribution in [0.1, 0.15) is 76.7 Å². The van der Waals surface area contributed by atoms with E-state index >= 15 is 22.0 Å². The maximum Gasteiger partial charge on any atom is 0.170 e. The molecule has 3 atom stereocenters. The average Bonchev–Trinajstić information content (AvgIpc) is 2.90. The maximum absolute atomic E-state index is 15.5. The average molecular weight is 501 g/mol. The SMILES string of the molecule is CCCCC1CCCCC1C(CC)c1c(F)c(F)c(-c2ccc(-c3ccccc3)cc2F)c(F)c1F. The van der Waals surface area contributed by atoms with Gasteiger partial charge in [0, 0.05) is 11.1 Å². The first kappa shape index (κ1) is 26.4. The van der Waals surface area contributed by atoms with Gasteiger partial charge in [-0.2, -0.15) is 0 Å². The van der Waals surface area contributed by atoms with E-state index < -0.39 is 51.7 Å². The molecule has 0 bridgehead atoms. The number of hydrogen-bond acceptors (Lipinski definition) is 0. The first-order valence-electron chi connectivity index (χ1n) is 13.1. The molecule has 3 aromatic rings. The van der Waals surface area contributed by atoms with Crippen LogP contribution < -0.4 is 0 Å². The van der Waals surface area contributed by atoms with Crippen LogP contribution in [0, 0.1) is 40.9 Å². The molecule has 1 aliphatic rings. The summed E-state index contributed by atoms with van der Waals surface area (Å²) in [4.78, 5) is 0. The Kier molecular flexibility index (Phi) is 8.48. The lowest BCUT2D eigenvalue weighted by atomic mass is 9.67. The molecule has 1 fully saturated rings. The van der Waals surface area contributed by atoms with Gasteiger partial charge >= 0.3 is 0 Å². The highest BCUT2D eigenvalue weighted by molar-refractivity contribution is 5.72. The van der Waals surface area contributed by atoms with Crippen LogP contribution in [0.5, 0.6) is 0 Å². The summed E-state index contributed by atoms with van der Waals surface area (Å²) in [6.45, 7) is 3.91. The molecule has 0 aliphatic heterocycles. The molecule has 0 radical (unpaired) electrons. The molecular weight excluding hydrogens is 467 g/mol. The van der Waals surface area contributed by atoms with E-state index in [-0.39, 0.29) is 11.8 Å². The lowest BCUT2D eigenvalue weighted by Gasteiger charge is -2.38. The summed E-state index contributed by atoms with van der Waals surface area (Å²) in [5.41, 5.74) is -0.803. The van der Waals surface area contributed by atoms with Gasteiger partial charge < -0.3 is 0 Å². The van der Waals surface area contributed by atoms with Crippen molar-refractivity contribution in [2.75, 3.05) is 0 Å². The minimum atomic E-state index is -1.53. The Balaban J connectivity index is 1.76. The third-order valence-electron chi connectivity index (χ3n) is 7.87. The molecule has 3 aromatic carbocycles. The smallest absolute Gasteiger partial charge is 0.170 e. The molecule has 0 N–H and O–H groups in total. The number of halogens is 5. The van der Waals surface area contributed by atoms with E-state index in [2.05, 4.69) is 6.92 Å². The third kappa shape index (κ3) is 5.07. The molecule has 0 aromatic heterocycles. The van der Waals surface area contributed by atoms with E-state index in [0.717, 1.165) is 51.0 Å². The highest BCUT2D eigenvalue weighted by Crippen LogP contribution is 2.47. The lowest BCUT2D eigenvalue weighted by molar-refractivity contribution is 0.177. The molecule has 36 heavy (non-hydrogen) atoms. The first-order valence-corrected chi connectivity index (χ1v) is 13.1. The van der Waals surface area contributed by atoms with Gasteiger partial charge in [-0.05, 0) is 47.8 Å². The van der Waals surface area contributed by atoms with Gasteiger partial charge in [-0.3, -0.25) is 0 Å². The normalized spacial score (nSPS) is 18.9. The number of hydrogen-bond donors (Lipinski definition) is 0. The van der Waals surface area contributed by atoms with Gasteiger partial charge in [-0.1, -0.05) is 94.8 Å². The number of rotatable bonds is 8. The highest BCUT2D eigenvalue weighted by atomic mass is 19.2. The van der Waals surface area contributed by atoms with Crippen molar-refractivity contribution < 1.29 is 22.0 Å². The predicted octanol–water partition coefficient (Wildman–Crippen LogP) is 10.2. The van der Waals surface area contributed by atoms with Gasteiger partial charge in [0.25, 0.3) is 0 Å². The van der Waals surface area contributed by atoms with Gasteiger partial charge in [0.15, 0.2) is 23.3 Å². The van der Waals surface area contributed by atoms with Crippen molar-refractivity contribution in [3.05, 3.63) is 83.2 Å². The van der Waals surface area contributed by atoms with Gasteiger partial charge in [0.2, 0.25) is 0 Å². The van der Waals surface area contributed by atoms with Crippen LogP contribution in [0.25, 0.3) is 22.3 Å². The van der Waals surface area contributed by atoms with Crippen LogP contribution in [-0.2, 0) is 0 Å². The second-order valence-electron chi connectivity index (χ2n) is 9.97. The van der Waals surface area contributed by atoms with Crippen LogP contribution in [-0.4, -0.2) is 0 Å². The molecule has 0 nitrogen and oxygen atoms in total. The fraction of sp³-hybridized carbons (Fsp3) is 0.419. The van der Waals surface area contributed by atoms with E-state index in [1.807, 2.05) is 6.07 Å². The Labute approximate surface area is 210 Å². The molecule has 3 unspecified atom stereocenters. The van der Waals surface area contributed by atoms with Crippen molar-refractivity contribution in [3.63, 3.8) is 0 Å². The van der Waals surface area contributed by atoms with Crippen LogP contribution in [0.4, 0.5) is 22.0 Å². The molecule has 5 heteroatoms. The summed E-state index contributed by atoms with van der Waals surface area (Å²) < 4.78 is 76.9. The Hall–Kier alpha value is -2.69. The monoisotopic (exact) mass is 500 g/mol. The molecule has 0 heterocycles. The Morgan fingerprint density at radius 2 is 1.44 bits per heavy atom. The summed E-state index contributed by atoms with van der Waals surface area (Å²) in [6.07, 6.45) is 7.11. The van der Waals surface area contributed by atoms with Crippen molar-refractivity contribution in [2.24, 2.45) is 11.8 Å². The Bertz CT molecular complexity index is 1160. The second-order valence-corrected chi connectivity index (χ2v) is 9.97. The minimum Gasteiger partial charge on any atom is -0.206 e. The standard InChI is InChI=1S/C31H33F5/c1-3-5-11-20-14-9-10-15-23(20)22(4-2)26-28(33)30(35)27(31(36)29(26)34)24-17-16-21(18-25(24)32)19-12-7-6-8-13-19/h6-8,12-13,16-18,20,22-23H,3-5,9-11,14-15H2,1-2H3. The third-order valence-corrected chi connectivity index (χ3v) is 7.87. The predicted molar refractivity (Wildman–Crippen MR) is 135 cm³/mol. The van der Waals surface area contributed by atoms with E-state index in [1.54, 1.807) is 31.2 Å². The van der Waals surface area contributed by atoms with E-state index in [0.29, 0.717) is 17.5 Å². The summed E-state index contributed by atoms with van der Waals surface area (Å²) >= 11 is 0. The second kappa shape index (κ2) is 11.6. The molecule has 192 valence electrons. The quantitative estimate of drug-likeness (QED) is 0.213. The van der Waals surface area contributed by atoms with Crippen LogP contribution >= 0.6 is 0 Å². The van der Waals surface area contributed by atoms with E-state index in [4.69, 9.17) is 0 Å². The largest absolute Gasteiger partial charge is 0.206 e. The highest BCUT2D eigenvalue weighted by Gasteiger charge is 2.37. The number of unbranched alkanes of at least 4 members (excludes halogenated alkanes) is 1. The molecular formula is C31H33F5. The summed E-state index contributed by atoms with van der Waals surface area (Å²) in [5.74, 6) is -7.20. The zero-order chi connectivity index (χ0) is 25.8. The van der Waals surface area contributed by atoms with Crippen molar-refractivity contribution in [2.45, 2.75) is 71.1 Å². The maximum atomic E-state index is 15.5. The molecule has 1 saturated carbocycles. The topological polar surface area (TPSA) is 0 Å². The molecule has 1 aliphatic carbocycles. The van der Waals surface area contributed by atoms with Crippen molar-refractivity contribution in [1.82, 2.24) is 0 Å². The Morgan fingerprint density at radius 1 is 0.778 bits per heavy atom. The fourth-order valence-corrected chi connectivity index (χ4v) is 6.05. The van der Waals surface area contributed by atoms with E-state index in [1.165, 1.54) is 12.1 Å². The molecule has 4 rings (SSSR count). The minimum absolute atomic E-state index is 0.0363. The first-order chi connectivity index (χ1) is 17.4. The van der Waals surface area contributed by atoms with Gasteiger partial charge in [-0.25, -0.2) is 22.0 Å². The van der Waals surface area contributed by atoms with Crippen LogP contribution in [0.3, 0.4) is 0 Å². The lowest BCUT2D eigenvalue weighted by Crippen LogP contribution is -2.27. The Morgan fingerprint density at radius 3 is 2.06 bits per heavy atom. The zero-order valence-electron chi connectivity index (χ0n) is 20.9. The summed E-state index contributed by atoms with van der Waals surface area (Å²) in [7, 11) is 0. The van der Waals surface area contributed by atoms with Crippen molar-refractivity contribution >= 4 is 0 Å². The van der Waals surface area contributed by atoms with Crippen LogP contribution in [0.15, 0.2) is 48.5 Å². The van der Waals surface area contributed by atoms with Gasteiger partial charge in [0.1, 0.15) is 5.82 Å². The van der Waals surface area contributed by atoms with Crippen molar-refractivity contribution in [3.8, 4) is 22.3 Å². The fourth-order valence-electron chi connectivity index (χ4n) is 6.05. The van der Waals surface area contributed by atoms with Crippen LogP contribution in [0.2, 0.25) is 0 Å². The summed E-state index contributed by atoms with van der Waals surface area (Å²) in [5, 5.41) is 0.